The van der Waals surface area contributed by atoms with Crippen LogP contribution in [0.4, 0.5) is 0 Å². The molecule has 0 nitrogen and oxygen atoms in total. The number of thioether (sulfide) groups is 1. The zero-order chi connectivity index (χ0) is 16.8. The Hall–Kier alpha value is -1.21. The third-order valence-corrected chi connectivity index (χ3v) is 8.19. The van der Waals surface area contributed by atoms with Crippen LogP contribution in [-0.4, -0.2) is 4.75 Å². The number of rotatable bonds is 5. The number of benzene rings is 1. The highest BCUT2D eigenvalue weighted by Gasteiger charge is 2.74. The highest BCUT2D eigenvalue weighted by atomic mass is 32.2. The molecule has 0 spiro atoms. The van der Waals surface area contributed by atoms with E-state index >= 15 is 0 Å². The average Bonchev–Trinajstić information content (AvgIpc) is 3.20. The Kier molecular flexibility index (Phi) is 4.03. The van der Waals surface area contributed by atoms with E-state index in [-0.39, 0.29) is 0 Å². The third kappa shape index (κ3) is 2.20. The molecule has 0 N–H and O–H groups in total. The minimum absolute atomic E-state index is 0.333. The van der Waals surface area contributed by atoms with Gasteiger partial charge in [-0.25, -0.2) is 0 Å². The SMILES string of the molecule is C=CCC12CC1(C(CC)C1=CCC(C)C=CC1)Sc1ccccc12. The summed E-state index contributed by atoms with van der Waals surface area (Å²) in [6, 6.07) is 9.11. The van der Waals surface area contributed by atoms with Crippen molar-refractivity contribution in [3.63, 3.8) is 0 Å². The van der Waals surface area contributed by atoms with Crippen molar-refractivity contribution in [2.45, 2.75) is 61.0 Å². The Balaban J connectivity index is 1.73. The van der Waals surface area contributed by atoms with Gasteiger partial charge in [0.1, 0.15) is 0 Å². The number of allylic oxidation sites excluding steroid dienone is 5. The molecule has 24 heavy (non-hydrogen) atoms. The van der Waals surface area contributed by atoms with Gasteiger partial charge in [-0.15, -0.1) is 18.3 Å². The smallest absolute Gasteiger partial charge is 0.0382 e. The Labute approximate surface area is 151 Å². The molecule has 1 saturated carbocycles. The molecule has 0 aromatic heterocycles. The molecule has 0 radical (unpaired) electrons. The summed E-state index contributed by atoms with van der Waals surface area (Å²) in [5.41, 5.74) is 3.61. The van der Waals surface area contributed by atoms with Crippen LogP contribution in [0.2, 0.25) is 0 Å². The van der Waals surface area contributed by atoms with Crippen molar-refractivity contribution in [1.29, 1.82) is 0 Å². The van der Waals surface area contributed by atoms with E-state index in [2.05, 4.69) is 80.8 Å². The molecule has 4 atom stereocenters. The van der Waals surface area contributed by atoms with E-state index in [1.807, 2.05) is 0 Å². The topological polar surface area (TPSA) is 0 Å². The first-order valence-corrected chi connectivity index (χ1v) is 10.2. The first kappa shape index (κ1) is 16.3. The molecule has 1 heteroatoms. The monoisotopic (exact) mass is 336 g/mol. The Morgan fingerprint density at radius 3 is 3.00 bits per heavy atom. The second-order valence-corrected chi connectivity index (χ2v) is 9.20. The number of hydrogen-bond acceptors (Lipinski definition) is 1. The molecule has 3 aliphatic rings. The summed E-state index contributed by atoms with van der Waals surface area (Å²) in [5, 5.41) is 0. The summed E-state index contributed by atoms with van der Waals surface area (Å²) in [6.45, 7) is 8.80. The molecule has 2 aliphatic carbocycles. The van der Waals surface area contributed by atoms with Gasteiger partial charge in [0.2, 0.25) is 0 Å². The molecule has 0 saturated heterocycles. The van der Waals surface area contributed by atoms with Gasteiger partial charge >= 0.3 is 0 Å². The van der Waals surface area contributed by atoms with E-state index in [1.54, 1.807) is 11.1 Å². The van der Waals surface area contributed by atoms with Crippen LogP contribution in [0.25, 0.3) is 0 Å². The van der Waals surface area contributed by atoms with Gasteiger partial charge < -0.3 is 0 Å². The molecule has 1 aliphatic heterocycles. The van der Waals surface area contributed by atoms with E-state index in [9.17, 15) is 0 Å². The minimum atomic E-state index is 0.333. The summed E-state index contributed by atoms with van der Waals surface area (Å²) in [5.74, 6) is 1.37. The zero-order valence-electron chi connectivity index (χ0n) is 14.9. The van der Waals surface area contributed by atoms with E-state index in [4.69, 9.17) is 0 Å². The molecule has 1 aromatic rings. The predicted octanol–water partition coefficient (Wildman–Crippen LogP) is 6.69. The van der Waals surface area contributed by atoms with Crippen LogP contribution in [0.15, 0.2) is 65.6 Å². The second kappa shape index (κ2) is 5.95. The molecule has 0 bridgehead atoms. The summed E-state index contributed by atoms with van der Waals surface area (Å²) in [4.78, 5) is 1.52. The largest absolute Gasteiger partial charge is 0.117 e. The first-order valence-electron chi connectivity index (χ1n) is 9.42. The van der Waals surface area contributed by atoms with Gasteiger partial charge in [-0.05, 0) is 55.6 Å². The van der Waals surface area contributed by atoms with Crippen LogP contribution >= 0.6 is 11.8 Å². The first-order chi connectivity index (χ1) is 11.7. The van der Waals surface area contributed by atoms with Crippen molar-refractivity contribution in [2.75, 3.05) is 0 Å². The van der Waals surface area contributed by atoms with Gasteiger partial charge in [0, 0.05) is 15.1 Å². The Morgan fingerprint density at radius 1 is 1.38 bits per heavy atom. The predicted molar refractivity (Wildman–Crippen MR) is 106 cm³/mol. The zero-order valence-corrected chi connectivity index (χ0v) is 15.7. The normalized spacial score (nSPS) is 34.8. The summed E-state index contributed by atoms with van der Waals surface area (Å²) < 4.78 is 0.368. The number of hydrogen-bond donors (Lipinski definition) is 0. The van der Waals surface area contributed by atoms with Gasteiger partial charge in [-0.3, -0.25) is 0 Å². The van der Waals surface area contributed by atoms with Gasteiger partial charge in [-0.2, -0.15) is 0 Å². The minimum Gasteiger partial charge on any atom is -0.117 e. The van der Waals surface area contributed by atoms with E-state index in [0.29, 0.717) is 22.0 Å². The molecule has 4 unspecified atom stereocenters. The molecular formula is C23H28S. The van der Waals surface area contributed by atoms with Crippen LogP contribution < -0.4 is 0 Å². The lowest BCUT2D eigenvalue weighted by Gasteiger charge is -2.29. The van der Waals surface area contributed by atoms with Crippen molar-refractivity contribution in [2.24, 2.45) is 11.8 Å². The maximum atomic E-state index is 4.09. The molecular weight excluding hydrogens is 308 g/mol. The lowest BCUT2D eigenvalue weighted by Crippen LogP contribution is -2.27. The van der Waals surface area contributed by atoms with E-state index in [0.717, 1.165) is 12.8 Å². The quantitative estimate of drug-likeness (QED) is 0.540. The van der Waals surface area contributed by atoms with Crippen molar-refractivity contribution in [3.8, 4) is 0 Å². The average molecular weight is 337 g/mol. The van der Waals surface area contributed by atoms with E-state index in [1.165, 1.54) is 24.2 Å². The molecule has 1 heterocycles. The maximum Gasteiger partial charge on any atom is 0.0382 e. The lowest BCUT2D eigenvalue weighted by molar-refractivity contribution is 0.489. The van der Waals surface area contributed by atoms with Crippen molar-refractivity contribution < 1.29 is 0 Å². The Bertz CT molecular complexity index is 713. The van der Waals surface area contributed by atoms with Crippen molar-refractivity contribution in [1.82, 2.24) is 0 Å². The van der Waals surface area contributed by atoms with E-state index < -0.39 is 0 Å². The summed E-state index contributed by atoms with van der Waals surface area (Å²) >= 11 is 2.17. The van der Waals surface area contributed by atoms with Gasteiger partial charge in [0.05, 0.1) is 0 Å². The molecule has 1 aromatic carbocycles. The van der Waals surface area contributed by atoms with Crippen LogP contribution in [0, 0.1) is 11.8 Å². The van der Waals surface area contributed by atoms with Gasteiger partial charge in [0.25, 0.3) is 0 Å². The molecule has 0 amide bonds. The summed E-state index contributed by atoms with van der Waals surface area (Å²) in [7, 11) is 0. The second-order valence-electron chi connectivity index (χ2n) is 7.82. The van der Waals surface area contributed by atoms with Crippen LogP contribution in [0.3, 0.4) is 0 Å². The van der Waals surface area contributed by atoms with Crippen LogP contribution in [0.5, 0.6) is 0 Å². The van der Waals surface area contributed by atoms with Crippen molar-refractivity contribution in [3.05, 3.63) is 66.3 Å². The Morgan fingerprint density at radius 2 is 2.21 bits per heavy atom. The van der Waals surface area contributed by atoms with Gasteiger partial charge in [0.15, 0.2) is 0 Å². The highest BCUT2D eigenvalue weighted by Crippen LogP contribution is 2.79. The van der Waals surface area contributed by atoms with Crippen molar-refractivity contribution >= 4 is 11.8 Å². The maximum absolute atomic E-state index is 4.09. The summed E-state index contributed by atoms with van der Waals surface area (Å²) in [6.07, 6.45) is 15.6. The molecule has 4 rings (SSSR count). The lowest BCUT2D eigenvalue weighted by atomic mass is 9.80. The third-order valence-electron chi connectivity index (χ3n) is 6.43. The molecule has 1 fully saturated rings. The van der Waals surface area contributed by atoms with Crippen LogP contribution in [0.1, 0.15) is 51.5 Å². The van der Waals surface area contributed by atoms with Crippen LogP contribution in [-0.2, 0) is 5.41 Å². The van der Waals surface area contributed by atoms with Gasteiger partial charge in [-0.1, -0.05) is 61.9 Å². The standard InChI is InChI=1S/C23H28S/c1-4-15-22-16-23(22,24-21-12-7-6-11-20(21)22)19(5-2)18-10-8-9-17(3)13-14-18/h4,6-9,11-12,14,17,19H,1,5,10,13,15-16H2,2-3H3. The fourth-order valence-corrected chi connectivity index (χ4v) is 7.33. The fourth-order valence-electron chi connectivity index (χ4n) is 5.25. The highest BCUT2D eigenvalue weighted by molar-refractivity contribution is 8.01. The fraction of sp³-hybridized carbons (Fsp3) is 0.478. The number of fused-ring (bicyclic) bond motifs is 3. The molecule has 126 valence electrons.